The highest BCUT2D eigenvalue weighted by Gasteiger charge is 2.37. The molecule has 1 N–H and O–H groups in total. The van der Waals surface area contributed by atoms with Crippen LogP contribution in [0.15, 0.2) is 29.6 Å². The molecule has 2 aromatic heterocycles. The number of methoxy groups -OCH3 is 1. The van der Waals surface area contributed by atoms with Gasteiger partial charge >= 0.3 is 0 Å². The van der Waals surface area contributed by atoms with Crippen molar-refractivity contribution in [2.75, 3.05) is 13.7 Å². The SMILES string of the molecule is COC1(CNC(c2cccs2)c2ccc(Cl)s2)CCC1. The molecule has 1 aliphatic carbocycles. The molecule has 3 rings (SSSR count). The van der Waals surface area contributed by atoms with Gasteiger partial charge in [0.15, 0.2) is 0 Å². The van der Waals surface area contributed by atoms with E-state index in [1.165, 1.54) is 16.2 Å². The Morgan fingerprint density at radius 1 is 1.35 bits per heavy atom. The lowest BCUT2D eigenvalue weighted by Gasteiger charge is -2.41. The first-order valence-electron chi connectivity index (χ1n) is 6.80. The van der Waals surface area contributed by atoms with Crippen LogP contribution in [0.25, 0.3) is 0 Å². The summed E-state index contributed by atoms with van der Waals surface area (Å²) in [5.74, 6) is 0. The second-order valence-corrected chi connectivity index (χ2v) is 7.94. The van der Waals surface area contributed by atoms with Crippen LogP contribution >= 0.6 is 34.3 Å². The molecule has 1 atom stereocenters. The Bertz CT molecular complexity index is 542. The number of nitrogens with one attached hydrogen (secondary N) is 1. The van der Waals surface area contributed by atoms with Crippen molar-refractivity contribution >= 4 is 34.3 Å². The zero-order valence-electron chi connectivity index (χ0n) is 11.4. The van der Waals surface area contributed by atoms with Gasteiger partial charge in [0.05, 0.1) is 16.0 Å². The normalized spacial score (nSPS) is 18.7. The van der Waals surface area contributed by atoms with Gasteiger partial charge in [-0.1, -0.05) is 17.7 Å². The highest BCUT2D eigenvalue weighted by Crippen LogP contribution is 2.37. The van der Waals surface area contributed by atoms with Crippen molar-refractivity contribution in [3.63, 3.8) is 0 Å². The summed E-state index contributed by atoms with van der Waals surface area (Å²) in [5.41, 5.74) is 0.0383. The molecule has 1 unspecified atom stereocenters. The predicted octanol–water partition coefficient (Wildman–Crippen LogP) is 4.71. The van der Waals surface area contributed by atoms with Crippen molar-refractivity contribution < 1.29 is 4.74 Å². The number of halogens is 1. The van der Waals surface area contributed by atoms with Crippen LogP contribution < -0.4 is 5.32 Å². The standard InChI is InChI=1S/C15H18ClNOS2/c1-18-15(7-3-8-15)10-17-14(11-4-2-9-19-11)12-5-6-13(16)20-12/h2,4-6,9,14,17H,3,7-8,10H2,1H3. The van der Waals surface area contributed by atoms with E-state index in [9.17, 15) is 0 Å². The van der Waals surface area contributed by atoms with Gasteiger partial charge in [-0.3, -0.25) is 0 Å². The summed E-state index contributed by atoms with van der Waals surface area (Å²) in [6, 6.07) is 8.58. The van der Waals surface area contributed by atoms with Crippen LogP contribution in [0.4, 0.5) is 0 Å². The molecule has 1 aliphatic rings. The molecule has 0 saturated heterocycles. The second-order valence-electron chi connectivity index (χ2n) is 5.21. The molecule has 0 spiro atoms. The summed E-state index contributed by atoms with van der Waals surface area (Å²) in [4.78, 5) is 2.59. The van der Waals surface area contributed by atoms with E-state index >= 15 is 0 Å². The van der Waals surface area contributed by atoms with E-state index in [-0.39, 0.29) is 11.6 Å². The maximum atomic E-state index is 6.09. The Hall–Kier alpha value is -0.390. The van der Waals surface area contributed by atoms with E-state index in [4.69, 9.17) is 16.3 Å². The van der Waals surface area contributed by atoms with Gasteiger partial charge in [-0.25, -0.2) is 0 Å². The Labute approximate surface area is 132 Å². The largest absolute Gasteiger partial charge is 0.377 e. The van der Waals surface area contributed by atoms with E-state index in [0.717, 1.165) is 23.7 Å². The van der Waals surface area contributed by atoms with Gasteiger partial charge in [-0.2, -0.15) is 0 Å². The molecule has 108 valence electrons. The van der Waals surface area contributed by atoms with Gasteiger partial charge < -0.3 is 10.1 Å². The minimum absolute atomic E-state index is 0.0383. The van der Waals surface area contributed by atoms with Crippen molar-refractivity contribution in [2.24, 2.45) is 0 Å². The number of hydrogen-bond donors (Lipinski definition) is 1. The smallest absolute Gasteiger partial charge is 0.0931 e. The summed E-state index contributed by atoms with van der Waals surface area (Å²) in [7, 11) is 1.82. The fourth-order valence-corrected chi connectivity index (χ4v) is 4.64. The summed E-state index contributed by atoms with van der Waals surface area (Å²) >= 11 is 9.52. The third kappa shape index (κ3) is 2.95. The Morgan fingerprint density at radius 3 is 2.70 bits per heavy atom. The molecule has 0 amide bonds. The minimum atomic E-state index is 0.0383. The van der Waals surface area contributed by atoms with Gasteiger partial charge in [0.25, 0.3) is 0 Å². The Balaban J connectivity index is 1.76. The highest BCUT2D eigenvalue weighted by molar-refractivity contribution is 7.16. The van der Waals surface area contributed by atoms with Gasteiger partial charge in [0.1, 0.15) is 0 Å². The molecule has 1 saturated carbocycles. The molecule has 20 heavy (non-hydrogen) atoms. The van der Waals surface area contributed by atoms with E-state index in [0.29, 0.717) is 0 Å². The lowest BCUT2D eigenvalue weighted by Crippen LogP contribution is -2.48. The summed E-state index contributed by atoms with van der Waals surface area (Å²) < 4.78 is 6.54. The summed E-state index contributed by atoms with van der Waals surface area (Å²) in [6.07, 6.45) is 3.57. The van der Waals surface area contributed by atoms with Crippen LogP contribution in [0.1, 0.15) is 35.1 Å². The third-order valence-corrected chi connectivity index (χ3v) is 6.27. The van der Waals surface area contributed by atoms with Crippen LogP contribution in [-0.2, 0) is 4.74 Å². The van der Waals surface area contributed by atoms with Gasteiger partial charge in [-0.05, 0) is 42.8 Å². The zero-order chi connectivity index (χ0) is 14.0. The van der Waals surface area contributed by atoms with Crippen LogP contribution in [0.3, 0.4) is 0 Å². The average molecular weight is 328 g/mol. The molecule has 0 bridgehead atoms. The molecule has 0 aliphatic heterocycles. The van der Waals surface area contributed by atoms with E-state index in [1.54, 1.807) is 22.7 Å². The van der Waals surface area contributed by atoms with E-state index < -0.39 is 0 Å². The molecular weight excluding hydrogens is 310 g/mol. The third-order valence-electron chi connectivity index (χ3n) is 4.03. The van der Waals surface area contributed by atoms with E-state index in [1.807, 2.05) is 13.2 Å². The van der Waals surface area contributed by atoms with Crippen LogP contribution in [0.2, 0.25) is 4.34 Å². The number of hydrogen-bond acceptors (Lipinski definition) is 4. The van der Waals surface area contributed by atoms with Gasteiger partial charge in [0, 0.05) is 23.4 Å². The average Bonchev–Trinajstić information content (AvgIpc) is 3.05. The number of ether oxygens (including phenoxy) is 1. The lowest BCUT2D eigenvalue weighted by atomic mass is 9.80. The lowest BCUT2D eigenvalue weighted by molar-refractivity contribution is -0.0702. The zero-order valence-corrected chi connectivity index (χ0v) is 13.8. The topological polar surface area (TPSA) is 21.3 Å². The molecule has 5 heteroatoms. The number of thiophene rings is 2. The predicted molar refractivity (Wildman–Crippen MR) is 87.1 cm³/mol. The molecule has 1 fully saturated rings. The molecular formula is C15H18ClNOS2. The monoisotopic (exact) mass is 327 g/mol. The Kier molecular flexibility index (Phi) is 4.48. The van der Waals surface area contributed by atoms with Crippen molar-refractivity contribution in [3.8, 4) is 0 Å². The minimum Gasteiger partial charge on any atom is -0.377 e. The molecule has 2 nitrogen and oxygen atoms in total. The Morgan fingerprint density at radius 2 is 2.20 bits per heavy atom. The van der Waals surface area contributed by atoms with Crippen LogP contribution in [0, 0.1) is 0 Å². The second kappa shape index (κ2) is 6.16. The van der Waals surface area contributed by atoms with Crippen molar-refractivity contribution in [2.45, 2.75) is 30.9 Å². The molecule has 2 heterocycles. The van der Waals surface area contributed by atoms with Crippen molar-refractivity contribution in [1.82, 2.24) is 5.32 Å². The van der Waals surface area contributed by atoms with Crippen molar-refractivity contribution in [3.05, 3.63) is 43.7 Å². The maximum absolute atomic E-state index is 6.09. The van der Waals surface area contributed by atoms with Crippen molar-refractivity contribution in [1.29, 1.82) is 0 Å². The quantitative estimate of drug-likeness (QED) is 0.829. The molecule has 0 radical (unpaired) electrons. The fraction of sp³-hybridized carbons (Fsp3) is 0.467. The maximum Gasteiger partial charge on any atom is 0.0931 e. The first kappa shape index (κ1) is 14.5. The summed E-state index contributed by atoms with van der Waals surface area (Å²) in [5, 5.41) is 5.80. The molecule has 2 aromatic rings. The first-order valence-corrected chi connectivity index (χ1v) is 8.87. The molecule has 0 aromatic carbocycles. The highest BCUT2D eigenvalue weighted by atomic mass is 35.5. The summed E-state index contributed by atoms with van der Waals surface area (Å²) in [6.45, 7) is 0.890. The number of rotatable bonds is 6. The fourth-order valence-electron chi connectivity index (χ4n) is 2.59. The first-order chi connectivity index (χ1) is 9.72. The van der Waals surface area contributed by atoms with Gasteiger partial charge in [0.2, 0.25) is 0 Å². The van der Waals surface area contributed by atoms with E-state index in [2.05, 4.69) is 28.9 Å². The van der Waals surface area contributed by atoms with Crippen LogP contribution in [0.5, 0.6) is 0 Å². The van der Waals surface area contributed by atoms with Crippen LogP contribution in [-0.4, -0.2) is 19.3 Å². The van der Waals surface area contributed by atoms with Gasteiger partial charge in [-0.15, -0.1) is 22.7 Å².